The molecule has 0 aliphatic carbocycles. The number of carboxylic acids is 1. The molecule has 70 valence electrons. The molecule has 0 heterocycles. The summed E-state index contributed by atoms with van der Waals surface area (Å²) in [5.41, 5.74) is 1.30. The van der Waals surface area contributed by atoms with E-state index in [1.807, 2.05) is 0 Å². The Kier molecular flexibility index (Phi) is 2.93. The van der Waals surface area contributed by atoms with Gasteiger partial charge in [-0.05, 0) is 34.0 Å². The molecule has 0 fully saturated rings. The van der Waals surface area contributed by atoms with Crippen LogP contribution in [0.15, 0.2) is 16.6 Å². The number of rotatable bonds is 2. The fourth-order valence-corrected chi connectivity index (χ4v) is 1.59. The Bertz CT molecular complexity index is 347. The maximum atomic E-state index is 10.4. The van der Waals surface area contributed by atoms with Crippen LogP contribution in [0.2, 0.25) is 0 Å². The molecule has 0 aliphatic rings. The molecule has 3 nitrogen and oxygen atoms in total. The Balaban J connectivity index is 3.10. The molecular formula is C9H9BrO3. The van der Waals surface area contributed by atoms with Gasteiger partial charge in [-0.1, -0.05) is 12.1 Å². The molecule has 1 aromatic carbocycles. The minimum atomic E-state index is -0.913. The lowest BCUT2D eigenvalue weighted by Gasteiger charge is -2.05. The molecule has 0 aliphatic heterocycles. The summed E-state index contributed by atoms with van der Waals surface area (Å²) in [4.78, 5) is 10.4. The van der Waals surface area contributed by atoms with E-state index in [-0.39, 0.29) is 12.2 Å². The quantitative estimate of drug-likeness (QED) is 0.838. The molecule has 0 saturated heterocycles. The zero-order chi connectivity index (χ0) is 10.0. The number of phenolic OH excluding ortho intramolecular Hbond substituents is 1. The SMILES string of the molecule is Cc1ccc(CC(=O)O)c(Br)c1O. The van der Waals surface area contributed by atoms with Crippen molar-refractivity contribution in [3.63, 3.8) is 0 Å². The van der Waals surface area contributed by atoms with Crippen molar-refractivity contribution in [1.82, 2.24) is 0 Å². The van der Waals surface area contributed by atoms with Gasteiger partial charge in [-0.25, -0.2) is 0 Å². The topological polar surface area (TPSA) is 57.5 Å². The Hall–Kier alpha value is -1.03. The summed E-state index contributed by atoms with van der Waals surface area (Å²) in [7, 11) is 0. The summed E-state index contributed by atoms with van der Waals surface area (Å²) in [5.74, 6) is -0.803. The van der Waals surface area contributed by atoms with Gasteiger partial charge in [0, 0.05) is 0 Å². The highest BCUT2D eigenvalue weighted by atomic mass is 79.9. The Morgan fingerprint density at radius 3 is 2.69 bits per heavy atom. The van der Waals surface area contributed by atoms with E-state index >= 15 is 0 Å². The fourth-order valence-electron chi connectivity index (χ4n) is 1.00. The average Bonchev–Trinajstić information content (AvgIpc) is 2.06. The normalized spacial score (nSPS) is 10.0. The number of benzene rings is 1. The van der Waals surface area contributed by atoms with Crippen LogP contribution >= 0.6 is 15.9 Å². The van der Waals surface area contributed by atoms with Crippen molar-refractivity contribution in [3.8, 4) is 5.75 Å². The van der Waals surface area contributed by atoms with E-state index in [4.69, 9.17) is 5.11 Å². The van der Waals surface area contributed by atoms with Crippen LogP contribution in [0.5, 0.6) is 5.75 Å². The first-order valence-electron chi connectivity index (χ1n) is 3.71. The van der Waals surface area contributed by atoms with Gasteiger partial charge < -0.3 is 10.2 Å². The maximum Gasteiger partial charge on any atom is 0.307 e. The molecule has 1 aromatic rings. The van der Waals surface area contributed by atoms with Crippen LogP contribution in [0.25, 0.3) is 0 Å². The number of halogens is 1. The van der Waals surface area contributed by atoms with Crippen molar-refractivity contribution in [3.05, 3.63) is 27.7 Å². The van der Waals surface area contributed by atoms with Crippen LogP contribution < -0.4 is 0 Å². The summed E-state index contributed by atoms with van der Waals surface area (Å²) in [6.45, 7) is 1.75. The van der Waals surface area contributed by atoms with Gasteiger partial charge in [0.25, 0.3) is 0 Å². The summed E-state index contributed by atoms with van der Waals surface area (Å²) in [6.07, 6.45) is -0.0889. The predicted molar refractivity (Wildman–Crippen MR) is 51.9 cm³/mol. The monoisotopic (exact) mass is 244 g/mol. The zero-order valence-electron chi connectivity index (χ0n) is 7.04. The van der Waals surface area contributed by atoms with E-state index in [9.17, 15) is 9.90 Å². The second-order valence-electron chi connectivity index (χ2n) is 2.77. The third kappa shape index (κ3) is 2.21. The first-order valence-corrected chi connectivity index (χ1v) is 4.50. The largest absolute Gasteiger partial charge is 0.506 e. The zero-order valence-corrected chi connectivity index (χ0v) is 8.63. The van der Waals surface area contributed by atoms with Crippen molar-refractivity contribution in [1.29, 1.82) is 0 Å². The Morgan fingerprint density at radius 1 is 1.54 bits per heavy atom. The van der Waals surface area contributed by atoms with E-state index in [1.165, 1.54) is 0 Å². The molecule has 1 rings (SSSR count). The van der Waals surface area contributed by atoms with E-state index in [0.29, 0.717) is 10.0 Å². The molecule has 0 unspecified atom stereocenters. The molecule has 0 spiro atoms. The molecule has 0 radical (unpaired) electrons. The number of aryl methyl sites for hydroxylation is 1. The molecule has 0 aromatic heterocycles. The summed E-state index contributed by atoms with van der Waals surface area (Å²) < 4.78 is 0.468. The van der Waals surface area contributed by atoms with Crippen molar-refractivity contribution in [2.24, 2.45) is 0 Å². The lowest BCUT2D eigenvalue weighted by Crippen LogP contribution is -2.01. The molecule has 0 atom stereocenters. The highest BCUT2D eigenvalue weighted by Gasteiger charge is 2.09. The second kappa shape index (κ2) is 3.79. The van der Waals surface area contributed by atoms with E-state index in [0.717, 1.165) is 5.56 Å². The van der Waals surface area contributed by atoms with Crippen LogP contribution in [0, 0.1) is 6.92 Å². The van der Waals surface area contributed by atoms with Gasteiger partial charge in [0.1, 0.15) is 5.75 Å². The fraction of sp³-hybridized carbons (Fsp3) is 0.222. The molecular weight excluding hydrogens is 236 g/mol. The third-order valence-electron chi connectivity index (χ3n) is 1.74. The molecule has 0 saturated carbocycles. The number of phenols is 1. The van der Waals surface area contributed by atoms with Crippen LogP contribution in [0.1, 0.15) is 11.1 Å². The molecule has 0 bridgehead atoms. The van der Waals surface area contributed by atoms with Gasteiger partial charge in [0.15, 0.2) is 0 Å². The number of aliphatic carboxylic acids is 1. The first kappa shape index (κ1) is 10.1. The lowest BCUT2D eigenvalue weighted by molar-refractivity contribution is -0.136. The second-order valence-corrected chi connectivity index (χ2v) is 3.57. The van der Waals surface area contributed by atoms with Crippen molar-refractivity contribution >= 4 is 21.9 Å². The number of hydrogen-bond donors (Lipinski definition) is 2. The van der Waals surface area contributed by atoms with E-state index in [2.05, 4.69) is 15.9 Å². The third-order valence-corrected chi connectivity index (χ3v) is 2.62. The molecule has 13 heavy (non-hydrogen) atoms. The van der Waals surface area contributed by atoms with Crippen molar-refractivity contribution in [2.45, 2.75) is 13.3 Å². The van der Waals surface area contributed by atoms with Crippen molar-refractivity contribution in [2.75, 3.05) is 0 Å². The standard InChI is InChI=1S/C9H9BrO3/c1-5-2-3-6(4-7(11)12)8(10)9(5)13/h2-3,13H,4H2,1H3,(H,11,12). The smallest absolute Gasteiger partial charge is 0.307 e. The molecule has 0 amide bonds. The highest BCUT2D eigenvalue weighted by molar-refractivity contribution is 9.10. The Labute approximate surface area is 84.1 Å². The summed E-state index contributed by atoms with van der Waals surface area (Å²) in [5, 5.41) is 18.0. The minimum Gasteiger partial charge on any atom is -0.506 e. The first-order chi connectivity index (χ1) is 6.02. The van der Waals surface area contributed by atoms with Crippen LogP contribution in [-0.4, -0.2) is 16.2 Å². The van der Waals surface area contributed by atoms with Gasteiger partial charge in [0.05, 0.1) is 10.9 Å². The lowest BCUT2D eigenvalue weighted by atomic mass is 10.1. The van der Waals surface area contributed by atoms with Gasteiger partial charge in [0.2, 0.25) is 0 Å². The predicted octanol–water partition coefficient (Wildman–Crippen LogP) is 2.09. The van der Waals surface area contributed by atoms with Crippen LogP contribution in [0.4, 0.5) is 0 Å². The highest BCUT2D eigenvalue weighted by Crippen LogP contribution is 2.30. The van der Waals surface area contributed by atoms with E-state index < -0.39 is 5.97 Å². The number of aromatic hydroxyl groups is 1. The maximum absolute atomic E-state index is 10.4. The number of carbonyl (C=O) groups is 1. The molecule has 2 N–H and O–H groups in total. The van der Waals surface area contributed by atoms with Gasteiger partial charge >= 0.3 is 5.97 Å². The number of hydrogen-bond acceptors (Lipinski definition) is 2. The number of carboxylic acid groups (broad SMARTS) is 1. The van der Waals surface area contributed by atoms with Crippen molar-refractivity contribution < 1.29 is 15.0 Å². The minimum absolute atomic E-state index is 0.0889. The summed E-state index contributed by atoms with van der Waals surface area (Å²) in [6, 6.07) is 3.38. The Morgan fingerprint density at radius 2 is 2.15 bits per heavy atom. The average molecular weight is 245 g/mol. The van der Waals surface area contributed by atoms with Gasteiger partial charge in [-0.2, -0.15) is 0 Å². The van der Waals surface area contributed by atoms with Gasteiger partial charge in [-0.3, -0.25) is 4.79 Å². The van der Waals surface area contributed by atoms with Crippen LogP contribution in [0.3, 0.4) is 0 Å². The van der Waals surface area contributed by atoms with Crippen LogP contribution in [-0.2, 0) is 11.2 Å². The van der Waals surface area contributed by atoms with E-state index in [1.54, 1.807) is 19.1 Å². The summed E-state index contributed by atoms with van der Waals surface area (Å²) >= 11 is 3.15. The molecule has 4 heteroatoms. The van der Waals surface area contributed by atoms with Gasteiger partial charge in [-0.15, -0.1) is 0 Å².